The van der Waals surface area contributed by atoms with Gasteiger partial charge < -0.3 is 10.1 Å². The number of nitrogens with one attached hydrogen (secondary N) is 1. The summed E-state index contributed by atoms with van der Waals surface area (Å²) in [5.74, 6) is 0. The van der Waals surface area contributed by atoms with Crippen LogP contribution < -0.4 is 5.32 Å². The monoisotopic (exact) mass is 228 g/mol. The normalized spacial score (nSPS) is 27.2. The van der Waals surface area contributed by atoms with Crippen LogP contribution >= 0.6 is 0 Å². The number of hydrogen-bond donors (Lipinski definition) is 1. The van der Waals surface area contributed by atoms with Gasteiger partial charge in [-0.05, 0) is 26.7 Å². The van der Waals surface area contributed by atoms with E-state index in [2.05, 4.69) is 31.0 Å². The Bertz CT molecular complexity index is 175. The standard InChI is InChI=1S/C13H28N2O/c1-4-7-13-10-14-12(3)11-15(13)8-6-9-16-5-2/h12-14H,4-11H2,1-3H3. The highest BCUT2D eigenvalue weighted by Gasteiger charge is 2.24. The molecule has 1 N–H and O–H groups in total. The average Bonchev–Trinajstić information content (AvgIpc) is 2.28. The summed E-state index contributed by atoms with van der Waals surface area (Å²) < 4.78 is 5.40. The van der Waals surface area contributed by atoms with Crippen molar-refractivity contribution in [2.24, 2.45) is 0 Å². The third-order valence-corrected chi connectivity index (χ3v) is 3.29. The SMILES string of the molecule is CCCC1CNC(C)CN1CCCOCC. The third kappa shape index (κ3) is 4.81. The maximum Gasteiger partial charge on any atom is 0.0478 e. The van der Waals surface area contributed by atoms with Gasteiger partial charge in [-0.2, -0.15) is 0 Å². The molecule has 0 aromatic rings. The Kier molecular flexibility index (Phi) is 7.01. The molecule has 96 valence electrons. The van der Waals surface area contributed by atoms with E-state index < -0.39 is 0 Å². The predicted octanol–water partition coefficient (Wildman–Crippen LogP) is 1.88. The van der Waals surface area contributed by atoms with E-state index >= 15 is 0 Å². The number of rotatable bonds is 7. The van der Waals surface area contributed by atoms with Crippen molar-refractivity contribution in [3.63, 3.8) is 0 Å². The summed E-state index contributed by atoms with van der Waals surface area (Å²) in [5.41, 5.74) is 0. The summed E-state index contributed by atoms with van der Waals surface area (Å²) >= 11 is 0. The third-order valence-electron chi connectivity index (χ3n) is 3.29. The van der Waals surface area contributed by atoms with Crippen molar-refractivity contribution >= 4 is 0 Å². The van der Waals surface area contributed by atoms with Crippen LogP contribution in [0.1, 0.15) is 40.0 Å². The highest BCUT2D eigenvalue weighted by atomic mass is 16.5. The molecular formula is C13H28N2O. The fourth-order valence-electron chi connectivity index (χ4n) is 2.44. The van der Waals surface area contributed by atoms with E-state index in [1.165, 1.54) is 32.4 Å². The van der Waals surface area contributed by atoms with Gasteiger partial charge in [0.25, 0.3) is 0 Å². The zero-order valence-corrected chi connectivity index (χ0v) is 11.2. The molecule has 1 aliphatic rings. The summed E-state index contributed by atoms with van der Waals surface area (Å²) in [6, 6.07) is 1.38. The van der Waals surface area contributed by atoms with Crippen molar-refractivity contribution in [1.29, 1.82) is 0 Å². The minimum atomic E-state index is 0.639. The lowest BCUT2D eigenvalue weighted by Crippen LogP contribution is -2.55. The molecule has 3 heteroatoms. The van der Waals surface area contributed by atoms with Gasteiger partial charge in [0, 0.05) is 44.9 Å². The first-order valence-electron chi connectivity index (χ1n) is 6.83. The molecule has 1 aliphatic heterocycles. The minimum Gasteiger partial charge on any atom is -0.382 e. The van der Waals surface area contributed by atoms with Crippen molar-refractivity contribution in [1.82, 2.24) is 10.2 Å². The van der Waals surface area contributed by atoms with Crippen molar-refractivity contribution in [2.75, 3.05) is 32.8 Å². The maximum absolute atomic E-state index is 5.40. The van der Waals surface area contributed by atoms with Crippen LogP contribution in [0.15, 0.2) is 0 Å². The lowest BCUT2D eigenvalue weighted by atomic mass is 10.1. The summed E-state index contributed by atoms with van der Waals surface area (Å²) in [5, 5.41) is 3.58. The second kappa shape index (κ2) is 8.04. The number of nitrogens with zero attached hydrogens (tertiary/aromatic N) is 1. The van der Waals surface area contributed by atoms with Gasteiger partial charge >= 0.3 is 0 Å². The lowest BCUT2D eigenvalue weighted by Gasteiger charge is -2.39. The lowest BCUT2D eigenvalue weighted by molar-refractivity contribution is 0.0961. The van der Waals surface area contributed by atoms with Crippen LogP contribution in [0.5, 0.6) is 0 Å². The van der Waals surface area contributed by atoms with Crippen molar-refractivity contribution in [3.8, 4) is 0 Å². The van der Waals surface area contributed by atoms with Crippen LogP contribution in [0, 0.1) is 0 Å². The molecule has 0 spiro atoms. The number of piperazine rings is 1. The zero-order chi connectivity index (χ0) is 11.8. The summed E-state index contributed by atoms with van der Waals surface area (Å²) in [7, 11) is 0. The first-order chi connectivity index (χ1) is 7.77. The topological polar surface area (TPSA) is 24.5 Å². The van der Waals surface area contributed by atoms with Crippen molar-refractivity contribution in [2.45, 2.75) is 52.1 Å². The smallest absolute Gasteiger partial charge is 0.0478 e. The second-order valence-electron chi connectivity index (χ2n) is 4.80. The van der Waals surface area contributed by atoms with Crippen molar-refractivity contribution in [3.05, 3.63) is 0 Å². The maximum atomic E-state index is 5.40. The molecule has 1 saturated heterocycles. The Hall–Kier alpha value is -0.120. The molecule has 0 aromatic heterocycles. The van der Waals surface area contributed by atoms with E-state index in [1.54, 1.807) is 0 Å². The van der Waals surface area contributed by atoms with E-state index in [-0.39, 0.29) is 0 Å². The molecule has 2 atom stereocenters. The summed E-state index contributed by atoms with van der Waals surface area (Å²) in [6.07, 6.45) is 3.76. The van der Waals surface area contributed by atoms with Gasteiger partial charge in [0.15, 0.2) is 0 Å². The largest absolute Gasteiger partial charge is 0.382 e. The van der Waals surface area contributed by atoms with E-state index in [0.717, 1.165) is 25.8 Å². The molecule has 16 heavy (non-hydrogen) atoms. The minimum absolute atomic E-state index is 0.639. The second-order valence-corrected chi connectivity index (χ2v) is 4.80. The van der Waals surface area contributed by atoms with Gasteiger partial charge in [0.2, 0.25) is 0 Å². The quantitative estimate of drug-likeness (QED) is 0.673. The van der Waals surface area contributed by atoms with Gasteiger partial charge in [-0.15, -0.1) is 0 Å². The molecule has 0 aromatic carbocycles. The molecule has 0 bridgehead atoms. The van der Waals surface area contributed by atoms with Gasteiger partial charge in [0.05, 0.1) is 0 Å². The molecule has 1 heterocycles. The first kappa shape index (κ1) is 13.9. The number of ether oxygens (including phenoxy) is 1. The summed E-state index contributed by atoms with van der Waals surface area (Å²) in [6.45, 7) is 11.9. The van der Waals surface area contributed by atoms with E-state index in [0.29, 0.717) is 6.04 Å². The van der Waals surface area contributed by atoms with Gasteiger partial charge in [-0.3, -0.25) is 4.90 Å². The van der Waals surface area contributed by atoms with Gasteiger partial charge in [0.1, 0.15) is 0 Å². The van der Waals surface area contributed by atoms with Gasteiger partial charge in [-0.25, -0.2) is 0 Å². The van der Waals surface area contributed by atoms with Crippen LogP contribution in [0.2, 0.25) is 0 Å². The Balaban J connectivity index is 2.26. The molecule has 1 rings (SSSR count). The molecule has 0 aliphatic carbocycles. The Morgan fingerprint density at radius 2 is 2.19 bits per heavy atom. The molecule has 0 amide bonds. The number of hydrogen-bond acceptors (Lipinski definition) is 3. The van der Waals surface area contributed by atoms with Gasteiger partial charge in [-0.1, -0.05) is 13.3 Å². The van der Waals surface area contributed by atoms with Crippen LogP contribution in [0.3, 0.4) is 0 Å². The summed E-state index contributed by atoms with van der Waals surface area (Å²) in [4.78, 5) is 2.64. The Morgan fingerprint density at radius 1 is 1.38 bits per heavy atom. The van der Waals surface area contributed by atoms with E-state index in [4.69, 9.17) is 4.74 Å². The van der Waals surface area contributed by atoms with Crippen LogP contribution in [-0.4, -0.2) is 49.8 Å². The Morgan fingerprint density at radius 3 is 2.88 bits per heavy atom. The van der Waals surface area contributed by atoms with Crippen LogP contribution in [-0.2, 0) is 4.74 Å². The fourth-order valence-corrected chi connectivity index (χ4v) is 2.44. The van der Waals surface area contributed by atoms with Crippen LogP contribution in [0.25, 0.3) is 0 Å². The van der Waals surface area contributed by atoms with E-state index in [1.807, 2.05) is 0 Å². The van der Waals surface area contributed by atoms with E-state index in [9.17, 15) is 0 Å². The molecule has 3 nitrogen and oxygen atoms in total. The predicted molar refractivity (Wildman–Crippen MR) is 68.8 cm³/mol. The average molecular weight is 228 g/mol. The van der Waals surface area contributed by atoms with Crippen molar-refractivity contribution < 1.29 is 4.74 Å². The molecule has 1 fully saturated rings. The molecule has 0 saturated carbocycles. The highest BCUT2D eigenvalue weighted by Crippen LogP contribution is 2.12. The fraction of sp³-hybridized carbons (Fsp3) is 1.00. The molecular weight excluding hydrogens is 200 g/mol. The first-order valence-corrected chi connectivity index (χ1v) is 6.83. The molecule has 2 unspecified atom stereocenters. The Labute approximate surface area is 101 Å². The zero-order valence-electron chi connectivity index (χ0n) is 11.2. The molecule has 0 radical (unpaired) electrons. The highest BCUT2D eigenvalue weighted by molar-refractivity contribution is 4.83. The van der Waals surface area contributed by atoms with Crippen LogP contribution in [0.4, 0.5) is 0 Å².